The molecule has 4 heterocycles. The molecule has 0 N–H and O–H groups in total. The van der Waals surface area contributed by atoms with Gasteiger partial charge in [-0.05, 0) is 12.8 Å². The number of thiazole rings is 1. The van der Waals surface area contributed by atoms with Gasteiger partial charge in [0.1, 0.15) is 10.8 Å². The molecule has 1 atom stereocenters. The van der Waals surface area contributed by atoms with Gasteiger partial charge in [-0.25, -0.2) is 9.97 Å². The van der Waals surface area contributed by atoms with Gasteiger partial charge in [0.15, 0.2) is 0 Å². The first-order valence-electron chi connectivity index (χ1n) is 8.09. The topological polar surface area (TPSA) is 54.4 Å². The Morgan fingerprint density at radius 2 is 2.17 bits per heavy atom. The molecule has 2 saturated heterocycles. The fourth-order valence-electron chi connectivity index (χ4n) is 3.58. The summed E-state index contributed by atoms with van der Waals surface area (Å²) < 4.78 is 6.26. The first kappa shape index (κ1) is 15.0. The maximum absolute atomic E-state index is 6.26. The van der Waals surface area contributed by atoms with Gasteiger partial charge < -0.3 is 9.64 Å². The molecule has 2 aromatic heterocycles. The maximum Gasteiger partial charge on any atom is 0.147 e. The van der Waals surface area contributed by atoms with Crippen molar-refractivity contribution in [3.8, 4) is 0 Å². The second-order valence-electron chi connectivity index (χ2n) is 6.26. The van der Waals surface area contributed by atoms with Crippen molar-refractivity contribution in [3.05, 3.63) is 35.2 Å². The lowest BCUT2D eigenvalue weighted by atomic mass is 9.90. The van der Waals surface area contributed by atoms with Crippen LogP contribution in [0.3, 0.4) is 0 Å². The summed E-state index contributed by atoms with van der Waals surface area (Å²) in [6.45, 7) is 5.57. The van der Waals surface area contributed by atoms with E-state index in [1.165, 1.54) is 5.01 Å². The van der Waals surface area contributed by atoms with E-state index in [-0.39, 0.29) is 5.60 Å². The summed E-state index contributed by atoms with van der Waals surface area (Å²) in [6, 6.07) is 0. The number of anilines is 1. The highest BCUT2D eigenvalue weighted by Gasteiger charge is 2.41. The molecule has 1 spiro atoms. The minimum atomic E-state index is -0.0920. The Balaban J connectivity index is 1.46. The summed E-state index contributed by atoms with van der Waals surface area (Å²) in [7, 11) is 0. The third-order valence-electron chi connectivity index (χ3n) is 4.58. The summed E-state index contributed by atoms with van der Waals surface area (Å²) in [5, 5.41) is 3.23. The summed E-state index contributed by atoms with van der Waals surface area (Å²) >= 11 is 1.73. The number of aromatic nitrogens is 3. The lowest BCUT2D eigenvalue weighted by Gasteiger charge is -2.48. The van der Waals surface area contributed by atoms with E-state index in [1.807, 2.05) is 17.8 Å². The molecule has 4 rings (SSSR count). The summed E-state index contributed by atoms with van der Waals surface area (Å²) in [5.41, 5.74) is -0.0920. The third kappa shape index (κ3) is 3.36. The molecular weight excluding hydrogens is 310 g/mol. The molecule has 23 heavy (non-hydrogen) atoms. The Bertz CT molecular complexity index is 619. The van der Waals surface area contributed by atoms with E-state index in [9.17, 15) is 0 Å². The molecule has 0 aliphatic carbocycles. The van der Waals surface area contributed by atoms with Crippen LogP contribution in [0.4, 0.5) is 5.82 Å². The quantitative estimate of drug-likeness (QED) is 0.855. The van der Waals surface area contributed by atoms with E-state index in [4.69, 9.17) is 4.74 Å². The van der Waals surface area contributed by atoms with E-state index in [1.54, 1.807) is 23.7 Å². The van der Waals surface area contributed by atoms with Gasteiger partial charge in [-0.1, -0.05) is 0 Å². The molecule has 122 valence electrons. The average Bonchev–Trinajstić information content (AvgIpc) is 3.09. The van der Waals surface area contributed by atoms with Crippen LogP contribution in [-0.2, 0) is 11.3 Å². The summed E-state index contributed by atoms with van der Waals surface area (Å²) in [6.07, 6.45) is 9.44. The Hall–Kier alpha value is -1.57. The zero-order chi connectivity index (χ0) is 15.5. The normalized spacial score (nSPS) is 25.8. The average molecular weight is 331 g/mol. The first-order valence-corrected chi connectivity index (χ1v) is 8.97. The highest BCUT2D eigenvalue weighted by molar-refractivity contribution is 7.09. The van der Waals surface area contributed by atoms with Gasteiger partial charge >= 0.3 is 0 Å². The van der Waals surface area contributed by atoms with Crippen molar-refractivity contribution < 1.29 is 4.74 Å². The Morgan fingerprint density at radius 3 is 3.00 bits per heavy atom. The van der Waals surface area contributed by atoms with Crippen molar-refractivity contribution in [2.45, 2.75) is 25.0 Å². The fourth-order valence-corrected chi connectivity index (χ4v) is 4.23. The summed E-state index contributed by atoms with van der Waals surface area (Å²) in [5.74, 6) is 0.951. The Kier molecular flexibility index (Phi) is 4.24. The van der Waals surface area contributed by atoms with Gasteiger partial charge in [0.2, 0.25) is 0 Å². The van der Waals surface area contributed by atoms with Gasteiger partial charge in [0, 0.05) is 50.1 Å². The first-order chi connectivity index (χ1) is 11.3. The van der Waals surface area contributed by atoms with Crippen LogP contribution in [0.25, 0.3) is 0 Å². The molecule has 0 bridgehead atoms. The highest BCUT2D eigenvalue weighted by atomic mass is 32.1. The van der Waals surface area contributed by atoms with E-state index in [0.29, 0.717) is 0 Å². The SMILES string of the molecule is c1cnc(N2CCCC3(CN(Cc4nccs4)CCO3)C2)cn1. The minimum absolute atomic E-state index is 0.0920. The van der Waals surface area contributed by atoms with Gasteiger partial charge in [-0.3, -0.25) is 9.88 Å². The minimum Gasteiger partial charge on any atom is -0.370 e. The zero-order valence-corrected chi connectivity index (χ0v) is 13.9. The smallest absolute Gasteiger partial charge is 0.147 e. The van der Waals surface area contributed by atoms with E-state index in [0.717, 1.165) is 58.0 Å². The molecule has 0 radical (unpaired) electrons. The zero-order valence-electron chi connectivity index (χ0n) is 13.1. The van der Waals surface area contributed by atoms with Crippen molar-refractivity contribution >= 4 is 17.2 Å². The fraction of sp³-hybridized carbons (Fsp3) is 0.562. The van der Waals surface area contributed by atoms with E-state index in [2.05, 4.69) is 24.8 Å². The van der Waals surface area contributed by atoms with Crippen molar-refractivity contribution in [2.24, 2.45) is 0 Å². The molecule has 2 fully saturated rings. The Morgan fingerprint density at radius 1 is 1.17 bits per heavy atom. The molecule has 2 aliphatic rings. The molecule has 6 nitrogen and oxygen atoms in total. The van der Waals surface area contributed by atoms with Crippen LogP contribution in [0.2, 0.25) is 0 Å². The molecule has 2 aliphatic heterocycles. The van der Waals surface area contributed by atoms with Crippen LogP contribution in [-0.4, -0.2) is 58.2 Å². The van der Waals surface area contributed by atoms with E-state index < -0.39 is 0 Å². The monoisotopic (exact) mass is 331 g/mol. The van der Waals surface area contributed by atoms with Crippen molar-refractivity contribution in [1.29, 1.82) is 0 Å². The molecule has 2 aromatic rings. The molecular formula is C16H21N5OS. The van der Waals surface area contributed by atoms with Crippen LogP contribution in [0.1, 0.15) is 17.8 Å². The van der Waals surface area contributed by atoms with Crippen molar-refractivity contribution in [2.75, 3.05) is 37.7 Å². The standard InChI is InChI=1S/C16H21N5OS/c1-2-16(13-21(6-1)14-10-17-3-4-18-14)12-20(7-8-22-16)11-15-19-5-9-23-15/h3-5,9-10H,1-2,6-8,11-13H2. The van der Waals surface area contributed by atoms with Gasteiger partial charge in [-0.15, -0.1) is 11.3 Å². The van der Waals surface area contributed by atoms with Crippen LogP contribution >= 0.6 is 11.3 Å². The van der Waals surface area contributed by atoms with Crippen molar-refractivity contribution in [1.82, 2.24) is 19.9 Å². The van der Waals surface area contributed by atoms with Crippen LogP contribution in [0, 0.1) is 0 Å². The van der Waals surface area contributed by atoms with E-state index >= 15 is 0 Å². The largest absolute Gasteiger partial charge is 0.370 e. The number of rotatable bonds is 3. The second kappa shape index (κ2) is 6.51. The van der Waals surface area contributed by atoms with Crippen LogP contribution in [0.15, 0.2) is 30.2 Å². The molecule has 0 saturated carbocycles. The predicted molar refractivity (Wildman–Crippen MR) is 89.6 cm³/mol. The number of hydrogen-bond donors (Lipinski definition) is 0. The maximum atomic E-state index is 6.26. The molecule has 7 heteroatoms. The van der Waals surface area contributed by atoms with Gasteiger partial charge in [-0.2, -0.15) is 0 Å². The van der Waals surface area contributed by atoms with Gasteiger partial charge in [0.05, 0.1) is 24.9 Å². The molecule has 0 aromatic carbocycles. The van der Waals surface area contributed by atoms with Gasteiger partial charge in [0.25, 0.3) is 0 Å². The second-order valence-corrected chi connectivity index (χ2v) is 7.24. The van der Waals surface area contributed by atoms with Crippen LogP contribution < -0.4 is 4.90 Å². The molecule has 1 unspecified atom stereocenters. The highest BCUT2D eigenvalue weighted by Crippen LogP contribution is 2.31. The number of morpholine rings is 1. The number of hydrogen-bond acceptors (Lipinski definition) is 7. The summed E-state index contributed by atoms with van der Waals surface area (Å²) in [4.78, 5) is 17.8. The number of nitrogens with zero attached hydrogens (tertiary/aromatic N) is 5. The third-order valence-corrected chi connectivity index (χ3v) is 5.35. The molecule has 0 amide bonds. The van der Waals surface area contributed by atoms with Crippen molar-refractivity contribution in [3.63, 3.8) is 0 Å². The Labute approximate surface area is 140 Å². The van der Waals surface area contributed by atoms with Crippen LogP contribution in [0.5, 0.6) is 0 Å². The lowest BCUT2D eigenvalue weighted by molar-refractivity contribution is -0.116. The number of piperidine rings is 1. The predicted octanol–water partition coefficient (Wildman–Crippen LogP) is 1.80. The lowest BCUT2D eigenvalue weighted by Crippen LogP contribution is -2.59. The number of ether oxygens (including phenoxy) is 1.